The van der Waals surface area contributed by atoms with Gasteiger partial charge < -0.3 is 14.5 Å². The van der Waals surface area contributed by atoms with Crippen molar-refractivity contribution in [3.05, 3.63) is 35.0 Å². The number of H-pyrrole nitrogens is 1. The second-order valence-corrected chi connectivity index (χ2v) is 4.73. The van der Waals surface area contributed by atoms with Crippen LogP contribution in [0.3, 0.4) is 0 Å². The zero-order valence-electron chi connectivity index (χ0n) is 11.3. The number of hydrogen-bond acceptors (Lipinski definition) is 5. The molecule has 1 N–H and O–H groups in total. The van der Waals surface area contributed by atoms with E-state index in [0.717, 1.165) is 7.11 Å². The van der Waals surface area contributed by atoms with Crippen LogP contribution in [0.1, 0.15) is 17.3 Å². The van der Waals surface area contributed by atoms with Crippen molar-refractivity contribution in [3.63, 3.8) is 0 Å². The third-order valence-electron chi connectivity index (χ3n) is 2.89. The first-order chi connectivity index (χ1) is 9.93. The van der Waals surface area contributed by atoms with E-state index in [-0.39, 0.29) is 5.56 Å². The first-order valence-corrected chi connectivity index (χ1v) is 6.41. The van der Waals surface area contributed by atoms with Crippen LogP contribution in [-0.4, -0.2) is 35.9 Å². The van der Waals surface area contributed by atoms with Gasteiger partial charge in [0.05, 0.1) is 12.7 Å². The Morgan fingerprint density at radius 1 is 1.29 bits per heavy atom. The molecule has 110 valence electrons. The maximum Gasteiger partial charge on any atom is 0.380 e. The quantitative estimate of drug-likeness (QED) is 0.531. The minimum atomic E-state index is -1.15. The van der Waals surface area contributed by atoms with Crippen LogP contribution in [0, 0.1) is 0 Å². The molecular weight excluding hydrogens is 298 g/mol. The van der Waals surface area contributed by atoms with E-state index in [1.807, 2.05) is 0 Å². The molecule has 0 spiro atoms. The Morgan fingerprint density at radius 2 is 2.00 bits per heavy atom. The van der Waals surface area contributed by atoms with E-state index >= 15 is 0 Å². The van der Waals surface area contributed by atoms with Crippen molar-refractivity contribution < 1.29 is 23.9 Å². The van der Waals surface area contributed by atoms with Gasteiger partial charge in [0, 0.05) is 22.1 Å². The van der Waals surface area contributed by atoms with Crippen LogP contribution in [0.4, 0.5) is 0 Å². The van der Waals surface area contributed by atoms with E-state index in [4.69, 9.17) is 16.3 Å². The van der Waals surface area contributed by atoms with Gasteiger partial charge in [-0.05, 0) is 25.1 Å². The molecule has 1 aromatic carbocycles. The number of hydrogen-bond donors (Lipinski definition) is 1. The summed E-state index contributed by atoms with van der Waals surface area (Å²) in [6, 6.07) is 4.92. The number of ketones is 1. The molecule has 0 aliphatic rings. The zero-order valence-corrected chi connectivity index (χ0v) is 12.1. The summed E-state index contributed by atoms with van der Waals surface area (Å²) in [5, 5.41) is 0.947. The highest BCUT2D eigenvalue weighted by Gasteiger charge is 2.26. The molecule has 2 aromatic rings. The largest absolute Gasteiger partial charge is 0.466 e. The lowest BCUT2D eigenvalue weighted by molar-refractivity contribution is -0.161. The third kappa shape index (κ3) is 3.05. The Balaban J connectivity index is 2.24. The van der Waals surface area contributed by atoms with E-state index in [0.29, 0.717) is 15.9 Å². The molecule has 7 heteroatoms. The molecule has 0 bridgehead atoms. The molecule has 1 unspecified atom stereocenters. The molecule has 0 saturated heterocycles. The Labute approximate surface area is 125 Å². The zero-order chi connectivity index (χ0) is 15.6. The maximum absolute atomic E-state index is 12.1. The topological polar surface area (TPSA) is 85.5 Å². The van der Waals surface area contributed by atoms with Crippen molar-refractivity contribution in [3.8, 4) is 0 Å². The summed E-state index contributed by atoms with van der Waals surface area (Å²) in [7, 11) is 1.16. The van der Waals surface area contributed by atoms with Crippen molar-refractivity contribution in [1.29, 1.82) is 0 Å². The number of fused-ring (bicyclic) bond motifs is 1. The van der Waals surface area contributed by atoms with Gasteiger partial charge in [-0.15, -0.1) is 0 Å². The van der Waals surface area contributed by atoms with E-state index < -0.39 is 23.8 Å². The molecule has 1 atom stereocenters. The number of benzene rings is 1. The van der Waals surface area contributed by atoms with Gasteiger partial charge in [0.25, 0.3) is 5.78 Å². The number of carbonyl (C=O) groups is 3. The van der Waals surface area contributed by atoms with Crippen molar-refractivity contribution in [2.45, 2.75) is 13.0 Å². The first-order valence-electron chi connectivity index (χ1n) is 6.03. The summed E-state index contributed by atoms with van der Waals surface area (Å²) in [6.07, 6.45) is 0.244. The third-order valence-corrected chi connectivity index (χ3v) is 3.13. The second-order valence-electron chi connectivity index (χ2n) is 4.29. The summed E-state index contributed by atoms with van der Waals surface area (Å²) >= 11 is 5.87. The van der Waals surface area contributed by atoms with Crippen LogP contribution < -0.4 is 0 Å². The maximum atomic E-state index is 12.1. The van der Waals surface area contributed by atoms with Crippen LogP contribution in [-0.2, 0) is 19.1 Å². The minimum Gasteiger partial charge on any atom is -0.466 e. The molecule has 0 aliphatic carbocycles. The first kappa shape index (κ1) is 15.1. The fourth-order valence-corrected chi connectivity index (χ4v) is 1.99. The van der Waals surface area contributed by atoms with Crippen LogP contribution >= 0.6 is 11.6 Å². The van der Waals surface area contributed by atoms with Crippen molar-refractivity contribution >= 4 is 40.2 Å². The number of aromatic nitrogens is 1. The Morgan fingerprint density at radius 3 is 2.67 bits per heavy atom. The van der Waals surface area contributed by atoms with E-state index in [1.54, 1.807) is 18.2 Å². The number of nitrogens with one attached hydrogen (secondary N) is 1. The smallest absolute Gasteiger partial charge is 0.380 e. The molecule has 0 fully saturated rings. The summed E-state index contributed by atoms with van der Waals surface area (Å²) in [6.45, 7) is 1.32. The Hall–Kier alpha value is -2.34. The number of Topliss-reactive ketones (excluding diaryl/α,β-unsaturated/α-hetero) is 1. The molecule has 1 aromatic heterocycles. The van der Waals surface area contributed by atoms with Crippen LogP contribution in [0.15, 0.2) is 24.4 Å². The molecular formula is C14H12ClNO5. The van der Waals surface area contributed by atoms with Gasteiger partial charge in [0.1, 0.15) is 0 Å². The monoisotopic (exact) mass is 309 g/mol. The predicted octanol–water partition coefficient (Wildman–Crippen LogP) is 2.11. The normalized spacial score (nSPS) is 12.0. The highest BCUT2D eigenvalue weighted by molar-refractivity contribution is 6.43. The van der Waals surface area contributed by atoms with Crippen molar-refractivity contribution in [1.82, 2.24) is 4.98 Å². The number of rotatable bonds is 4. The Kier molecular flexibility index (Phi) is 4.28. The highest BCUT2D eigenvalue weighted by Crippen LogP contribution is 2.23. The average molecular weight is 310 g/mol. The lowest BCUT2D eigenvalue weighted by atomic mass is 10.1. The van der Waals surface area contributed by atoms with Crippen LogP contribution in [0.5, 0.6) is 0 Å². The summed E-state index contributed by atoms with van der Waals surface area (Å²) in [5.74, 6) is -2.73. The molecule has 2 rings (SSSR count). The highest BCUT2D eigenvalue weighted by atomic mass is 35.5. The van der Waals surface area contributed by atoms with Gasteiger partial charge in [0.15, 0.2) is 6.10 Å². The van der Waals surface area contributed by atoms with Gasteiger partial charge in [0.2, 0.25) is 0 Å². The fraction of sp³-hybridized carbons (Fsp3) is 0.214. The second kappa shape index (κ2) is 5.97. The van der Waals surface area contributed by atoms with Crippen molar-refractivity contribution in [2.24, 2.45) is 0 Å². The van der Waals surface area contributed by atoms with Crippen LogP contribution in [0.25, 0.3) is 10.9 Å². The molecule has 0 aliphatic heterocycles. The van der Waals surface area contributed by atoms with Crippen molar-refractivity contribution in [2.75, 3.05) is 7.11 Å². The average Bonchev–Trinajstić information content (AvgIpc) is 2.88. The molecule has 0 saturated carbocycles. The summed E-state index contributed by atoms with van der Waals surface area (Å²) in [5.41, 5.74) is 0.797. The number of esters is 2. The van der Waals surface area contributed by atoms with Gasteiger partial charge >= 0.3 is 11.9 Å². The van der Waals surface area contributed by atoms with Crippen LogP contribution in [0.2, 0.25) is 5.02 Å². The minimum absolute atomic E-state index is 0.134. The number of ether oxygens (including phenoxy) is 2. The predicted molar refractivity (Wildman–Crippen MR) is 75.2 cm³/mol. The molecule has 0 radical (unpaired) electrons. The van der Waals surface area contributed by atoms with Gasteiger partial charge in [-0.25, -0.2) is 9.59 Å². The van der Waals surface area contributed by atoms with Gasteiger partial charge in [-0.3, -0.25) is 4.79 Å². The number of halogens is 1. The summed E-state index contributed by atoms with van der Waals surface area (Å²) in [4.78, 5) is 37.9. The summed E-state index contributed by atoms with van der Waals surface area (Å²) < 4.78 is 9.18. The van der Waals surface area contributed by atoms with Gasteiger partial charge in [-0.2, -0.15) is 0 Å². The number of aromatic amines is 1. The van der Waals surface area contributed by atoms with E-state index in [2.05, 4.69) is 9.72 Å². The van der Waals surface area contributed by atoms with E-state index in [9.17, 15) is 14.4 Å². The fourth-order valence-electron chi connectivity index (χ4n) is 1.82. The lowest BCUT2D eigenvalue weighted by Crippen LogP contribution is -2.29. The number of methoxy groups -OCH3 is 1. The SMILES string of the molecule is COC(=O)C(C)OC(=O)C(=O)c1c[nH]c2ccc(Cl)cc12. The Bertz CT molecular complexity index is 721. The molecule has 1 heterocycles. The number of carbonyl (C=O) groups excluding carboxylic acids is 3. The molecule has 21 heavy (non-hydrogen) atoms. The molecule has 0 amide bonds. The molecule has 6 nitrogen and oxygen atoms in total. The van der Waals surface area contributed by atoms with E-state index in [1.165, 1.54) is 13.1 Å². The van der Waals surface area contributed by atoms with Gasteiger partial charge in [-0.1, -0.05) is 11.6 Å². The lowest BCUT2D eigenvalue weighted by Gasteiger charge is -2.09. The standard InChI is InChI=1S/C14H12ClNO5/c1-7(13(18)20-2)21-14(19)12(17)10-6-16-11-4-3-8(15)5-9(10)11/h3-7,16H,1-2H3.